The first kappa shape index (κ1) is 15.1. The number of hydrogen-bond donors (Lipinski definition) is 1. The van der Waals surface area contributed by atoms with Crippen LogP contribution in [0.15, 0.2) is 54.9 Å². The number of aliphatic hydroxyl groups excluding tert-OH is 1. The molecule has 0 saturated carbocycles. The van der Waals surface area contributed by atoms with Crippen LogP contribution in [0, 0.1) is 5.41 Å². The highest BCUT2D eigenvalue weighted by molar-refractivity contribution is 5.51. The van der Waals surface area contributed by atoms with Crippen molar-refractivity contribution in [3.8, 4) is 5.88 Å². The zero-order chi connectivity index (χ0) is 16.4. The van der Waals surface area contributed by atoms with Crippen LogP contribution in [0.5, 0.6) is 5.88 Å². The molecular formula is C19H21N3O2. The summed E-state index contributed by atoms with van der Waals surface area (Å²) in [7, 11) is 0. The standard InChI is InChI=1S/C19H21N3O2/c23-10-11-24-17-12-16(20-14-21-17)22-13-19(8-4-5-9-19)18(22)15-6-2-1-3-7-15/h1-7,12,14,18,23H,8-11,13H2. The van der Waals surface area contributed by atoms with Crippen LogP contribution in [0.2, 0.25) is 0 Å². The Labute approximate surface area is 141 Å². The van der Waals surface area contributed by atoms with E-state index in [9.17, 15) is 0 Å². The van der Waals surface area contributed by atoms with E-state index in [1.54, 1.807) is 0 Å². The molecule has 0 radical (unpaired) electrons. The maximum Gasteiger partial charge on any atom is 0.218 e. The second-order valence-corrected chi connectivity index (χ2v) is 6.47. The predicted molar refractivity (Wildman–Crippen MR) is 91.9 cm³/mol. The maximum absolute atomic E-state index is 8.91. The molecule has 4 rings (SSSR count). The Balaban J connectivity index is 1.63. The molecule has 24 heavy (non-hydrogen) atoms. The SMILES string of the molecule is OCCOc1cc(N2CC3(CC=CC3)C2c2ccccc2)ncn1. The van der Waals surface area contributed by atoms with Gasteiger partial charge in [-0.25, -0.2) is 9.97 Å². The number of aromatic nitrogens is 2. The Morgan fingerprint density at radius 3 is 2.71 bits per heavy atom. The van der Waals surface area contributed by atoms with Gasteiger partial charge >= 0.3 is 0 Å². The van der Waals surface area contributed by atoms with Gasteiger partial charge in [-0.1, -0.05) is 42.5 Å². The molecule has 5 nitrogen and oxygen atoms in total. The van der Waals surface area contributed by atoms with Crippen LogP contribution in [0.25, 0.3) is 0 Å². The van der Waals surface area contributed by atoms with E-state index >= 15 is 0 Å². The molecule has 1 aliphatic carbocycles. The third-order valence-corrected chi connectivity index (χ3v) is 4.97. The van der Waals surface area contributed by atoms with Gasteiger partial charge in [-0.2, -0.15) is 0 Å². The Hall–Kier alpha value is -2.40. The lowest BCUT2D eigenvalue weighted by Crippen LogP contribution is -2.58. The first-order valence-electron chi connectivity index (χ1n) is 8.35. The quantitative estimate of drug-likeness (QED) is 0.858. The van der Waals surface area contributed by atoms with Crippen molar-refractivity contribution >= 4 is 5.82 Å². The number of allylic oxidation sites excluding steroid dienone is 2. The molecule has 1 spiro atoms. The van der Waals surface area contributed by atoms with E-state index in [4.69, 9.17) is 9.84 Å². The number of anilines is 1. The van der Waals surface area contributed by atoms with E-state index in [0.717, 1.165) is 25.2 Å². The van der Waals surface area contributed by atoms with Gasteiger partial charge in [-0.15, -0.1) is 0 Å². The summed E-state index contributed by atoms with van der Waals surface area (Å²) in [6, 6.07) is 12.8. The van der Waals surface area contributed by atoms with Crippen LogP contribution in [0.4, 0.5) is 5.82 Å². The number of rotatable bonds is 5. The fraction of sp³-hybridized carbons (Fsp3) is 0.368. The molecule has 1 atom stereocenters. The highest BCUT2D eigenvalue weighted by Crippen LogP contribution is 2.57. The third-order valence-electron chi connectivity index (χ3n) is 4.97. The van der Waals surface area contributed by atoms with Crippen molar-refractivity contribution in [2.75, 3.05) is 24.7 Å². The highest BCUT2D eigenvalue weighted by Gasteiger charge is 2.53. The van der Waals surface area contributed by atoms with Gasteiger partial charge in [0.1, 0.15) is 18.8 Å². The van der Waals surface area contributed by atoms with Crippen molar-refractivity contribution in [2.24, 2.45) is 5.41 Å². The van der Waals surface area contributed by atoms with Gasteiger partial charge < -0.3 is 14.7 Å². The summed E-state index contributed by atoms with van der Waals surface area (Å²) >= 11 is 0. The number of hydrogen-bond acceptors (Lipinski definition) is 5. The smallest absolute Gasteiger partial charge is 0.218 e. The van der Waals surface area contributed by atoms with Crippen molar-refractivity contribution in [3.05, 3.63) is 60.4 Å². The molecule has 0 amide bonds. The average Bonchev–Trinajstić information content (AvgIpc) is 3.11. The largest absolute Gasteiger partial charge is 0.475 e. The van der Waals surface area contributed by atoms with Gasteiger partial charge in [0.15, 0.2) is 0 Å². The third kappa shape index (κ3) is 2.55. The minimum atomic E-state index is -0.0233. The number of ether oxygens (including phenoxy) is 1. The van der Waals surface area contributed by atoms with E-state index in [2.05, 4.69) is 57.4 Å². The van der Waals surface area contributed by atoms with Crippen LogP contribution in [0.1, 0.15) is 24.4 Å². The molecule has 2 aromatic rings. The van der Waals surface area contributed by atoms with E-state index in [-0.39, 0.29) is 18.6 Å². The normalized spacial score (nSPS) is 21.0. The fourth-order valence-electron chi connectivity index (χ4n) is 3.91. The number of nitrogens with zero attached hydrogens (tertiary/aromatic N) is 3. The van der Waals surface area contributed by atoms with Crippen LogP contribution >= 0.6 is 0 Å². The van der Waals surface area contributed by atoms with Crippen LogP contribution in [0.3, 0.4) is 0 Å². The fourth-order valence-corrected chi connectivity index (χ4v) is 3.91. The van der Waals surface area contributed by atoms with Gasteiger partial charge in [-0.3, -0.25) is 0 Å². The molecule has 1 N–H and O–H groups in total. The summed E-state index contributed by atoms with van der Waals surface area (Å²) in [4.78, 5) is 10.9. The average molecular weight is 323 g/mol. The van der Waals surface area contributed by atoms with Gasteiger partial charge in [0, 0.05) is 18.0 Å². The summed E-state index contributed by atoms with van der Waals surface area (Å²) in [5.41, 5.74) is 1.60. The molecule has 1 unspecified atom stereocenters. The first-order chi connectivity index (χ1) is 11.8. The van der Waals surface area contributed by atoms with E-state index in [1.165, 1.54) is 11.9 Å². The Kier molecular flexibility index (Phi) is 3.94. The van der Waals surface area contributed by atoms with Crippen molar-refractivity contribution in [2.45, 2.75) is 18.9 Å². The molecule has 5 heteroatoms. The molecule has 1 saturated heterocycles. The van der Waals surface area contributed by atoms with Gasteiger partial charge in [-0.05, 0) is 18.4 Å². The Morgan fingerprint density at radius 1 is 1.17 bits per heavy atom. The van der Waals surface area contributed by atoms with E-state index in [1.807, 2.05) is 6.07 Å². The molecule has 2 heterocycles. The van der Waals surface area contributed by atoms with Crippen LogP contribution in [-0.4, -0.2) is 34.8 Å². The van der Waals surface area contributed by atoms with Gasteiger partial charge in [0.25, 0.3) is 0 Å². The van der Waals surface area contributed by atoms with Crippen LogP contribution < -0.4 is 9.64 Å². The minimum absolute atomic E-state index is 0.0233. The summed E-state index contributed by atoms with van der Waals surface area (Å²) < 4.78 is 5.43. The second kappa shape index (κ2) is 6.24. The van der Waals surface area contributed by atoms with E-state index < -0.39 is 0 Å². The summed E-state index contributed by atoms with van der Waals surface area (Å²) in [6.07, 6.45) is 8.35. The lowest BCUT2D eigenvalue weighted by atomic mass is 9.67. The molecule has 0 bridgehead atoms. The summed E-state index contributed by atoms with van der Waals surface area (Å²) in [5.74, 6) is 1.38. The monoisotopic (exact) mass is 323 g/mol. The van der Waals surface area contributed by atoms with Crippen LogP contribution in [-0.2, 0) is 0 Å². The van der Waals surface area contributed by atoms with Crippen molar-refractivity contribution in [1.82, 2.24) is 9.97 Å². The molecule has 1 fully saturated rings. The predicted octanol–water partition coefficient (Wildman–Crippen LogP) is 2.75. The van der Waals surface area contributed by atoms with E-state index in [0.29, 0.717) is 11.9 Å². The minimum Gasteiger partial charge on any atom is -0.475 e. The maximum atomic E-state index is 8.91. The zero-order valence-corrected chi connectivity index (χ0v) is 13.5. The van der Waals surface area contributed by atoms with Gasteiger partial charge in [0.2, 0.25) is 5.88 Å². The van der Waals surface area contributed by atoms with Crippen molar-refractivity contribution in [1.29, 1.82) is 0 Å². The zero-order valence-electron chi connectivity index (χ0n) is 13.5. The molecular weight excluding hydrogens is 302 g/mol. The highest BCUT2D eigenvalue weighted by atomic mass is 16.5. The Bertz CT molecular complexity index is 724. The lowest BCUT2D eigenvalue weighted by Gasteiger charge is -2.57. The topological polar surface area (TPSA) is 58.5 Å². The number of benzene rings is 1. The Morgan fingerprint density at radius 2 is 1.96 bits per heavy atom. The summed E-state index contributed by atoms with van der Waals surface area (Å²) in [5, 5.41) is 8.91. The van der Waals surface area contributed by atoms with Crippen molar-refractivity contribution < 1.29 is 9.84 Å². The molecule has 124 valence electrons. The second-order valence-electron chi connectivity index (χ2n) is 6.47. The molecule has 1 aromatic carbocycles. The lowest BCUT2D eigenvalue weighted by molar-refractivity contribution is 0.143. The molecule has 1 aromatic heterocycles. The molecule has 1 aliphatic heterocycles. The van der Waals surface area contributed by atoms with Gasteiger partial charge in [0.05, 0.1) is 12.6 Å². The molecule has 2 aliphatic rings. The van der Waals surface area contributed by atoms with Crippen molar-refractivity contribution in [3.63, 3.8) is 0 Å². The summed E-state index contributed by atoms with van der Waals surface area (Å²) in [6.45, 7) is 1.20. The number of aliphatic hydroxyl groups is 1. The first-order valence-corrected chi connectivity index (χ1v) is 8.35.